The number of unbranched alkanes of at least 4 members (excludes halogenated alkanes) is 19. The summed E-state index contributed by atoms with van der Waals surface area (Å²) in [6.07, 6.45) is 30.0. The number of hydrogen-bond donors (Lipinski definition) is 1. The van der Waals surface area contributed by atoms with Crippen LogP contribution in [0.3, 0.4) is 0 Å². The minimum Gasteiger partial charge on any atom is -0.396 e. The fourth-order valence-electron chi connectivity index (χ4n) is 4.60. The summed E-state index contributed by atoms with van der Waals surface area (Å²) in [7, 11) is 1.80. The van der Waals surface area contributed by atoms with Crippen LogP contribution in [-0.2, 0) is 4.74 Å². The maximum atomic E-state index is 9.11. The zero-order chi connectivity index (χ0) is 23.4. The molecule has 0 radical (unpaired) electrons. The Balaban J connectivity index is 3.59. The van der Waals surface area contributed by atoms with Crippen molar-refractivity contribution in [3.05, 3.63) is 0 Å². The molecule has 0 aliphatic rings. The summed E-state index contributed by atoms with van der Waals surface area (Å²) in [5.41, 5.74) is 0. The van der Waals surface area contributed by atoms with E-state index in [0.717, 1.165) is 19.4 Å². The van der Waals surface area contributed by atoms with Gasteiger partial charge in [-0.15, -0.1) is 0 Å². The van der Waals surface area contributed by atoms with Gasteiger partial charge in [0.25, 0.3) is 0 Å². The molecule has 0 atom stereocenters. The molecule has 0 heterocycles. The molecule has 0 fully saturated rings. The van der Waals surface area contributed by atoms with E-state index in [2.05, 4.69) is 11.8 Å². The smallest absolute Gasteiger partial charge is 0.0462 e. The van der Waals surface area contributed by atoms with Crippen LogP contribution in [0.15, 0.2) is 0 Å². The number of aliphatic hydroxyl groups is 1. The third kappa shape index (κ3) is 26.1. The molecule has 0 aromatic carbocycles. The van der Waals surface area contributed by atoms with Crippen LogP contribution in [0.5, 0.6) is 0 Å². The lowest BCUT2D eigenvalue weighted by atomic mass is 10.1. The Morgan fingerprint density at radius 3 is 1.19 bits per heavy atom. The van der Waals surface area contributed by atoms with Crippen LogP contribution in [0.1, 0.15) is 148 Å². The highest BCUT2D eigenvalue weighted by Gasteiger charge is 2.05. The average Bonchev–Trinajstić information content (AvgIpc) is 2.80. The van der Waals surface area contributed by atoms with Crippen molar-refractivity contribution in [2.75, 3.05) is 40.0 Å². The molecule has 0 aliphatic carbocycles. The Morgan fingerprint density at radius 1 is 0.469 bits per heavy atom. The second-order valence-corrected chi connectivity index (χ2v) is 9.98. The van der Waals surface area contributed by atoms with Crippen LogP contribution in [0.2, 0.25) is 0 Å². The lowest BCUT2D eigenvalue weighted by Crippen LogP contribution is -2.27. The first-order valence-electron chi connectivity index (χ1n) is 14.7. The molecule has 32 heavy (non-hydrogen) atoms. The van der Waals surface area contributed by atoms with E-state index >= 15 is 0 Å². The first-order valence-corrected chi connectivity index (χ1v) is 14.7. The number of ether oxygens (including phenoxy) is 1. The van der Waals surface area contributed by atoms with E-state index in [9.17, 15) is 0 Å². The van der Waals surface area contributed by atoms with Gasteiger partial charge in [0, 0.05) is 20.3 Å². The molecular formula is C29H61NO2. The standard InChI is InChI=1S/C29H61NO2/c1-3-4-5-6-7-8-11-14-17-20-25-30(27-22-23-28-31)26-21-18-15-12-9-10-13-16-19-24-29-32-2/h31H,3-29H2,1-2H3. The van der Waals surface area contributed by atoms with Crippen molar-refractivity contribution in [1.82, 2.24) is 4.90 Å². The van der Waals surface area contributed by atoms with Gasteiger partial charge in [-0.05, 0) is 51.7 Å². The van der Waals surface area contributed by atoms with Crippen molar-refractivity contribution < 1.29 is 9.84 Å². The highest BCUT2D eigenvalue weighted by Crippen LogP contribution is 2.13. The molecule has 0 aliphatic heterocycles. The molecule has 194 valence electrons. The van der Waals surface area contributed by atoms with E-state index in [1.807, 2.05) is 0 Å². The summed E-state index contributed by atoms with van der Waals surface area (Å²) in [4.78, 5) is 2.68. The van der Waals surface area contributed by atoms with E-state index in [1.54, 1.807) is 7.11 Å². The Bertz CT molecular complexity index is 324. The third-order valence-corrected chi connectivity index (χ3v) is 6.78. The van der Waals surface area contributed by atoms with Gasteiger partial charge in [0.1, 0.15) is 0 Å². The fraction of sp³-hybridized carbons (Fsp3) is 1.00. The van der Waals surface area contributed by atoms with Crippen molar-refractivity contribution in [2.45, 2.75) is 148 Å². The number of rotatable bonds is 28. The van der Waals surface area contributed by atoms with Crippen LogP contribution in [0, 0.1) is 0 Å². The maximum absolute atomic E-state index is 9.11. The van der Waals surface area contributed by atoms with Gasteiger partial charge in [-0.1, -0.05) is 116 Å². The predicted molar refractivity (Wildman–Crippen MR) is 143 cm³/mol. The summed E-state index contributed by atoms with van der Waals surface area (Å²) in [6, 6.07) is 0. The van der Waals surface area contributed by atoms with Gasteiger partial charge in [0.15, 0.2) is 0 Å². The Kier molecular flexibility index (Phi) is 28.8. The Hall–Kier alpha value is -0.120. The average molecular weight is 456 g/mol. The van der Waals surface area contributed by atoms with Crippen molar-refractivity contribution in [3.8, 4) is 0 Å². The second kappa shape index (κ2) is 28.9. The van der Waals surface area contributed by atoms with Gasteiger partial charge in [-0.2, -0.15) is 0 Å². The summed E-state index contributed by atoms with van der Waals surface area (Å²) in [5.74, 6) is 0. The minimum atomic E-state index is 0.346. The van der Waals surface area contributed by atoms with Crippen molar-refractivity contribution in [1.29, 1.82) is 0 Å². The lowest BCUT2D eigenvalue weighted by Gasteiger charge is -2.22. The number of methoxy groups -OCH3 is 1. The summed E-state index contributed by atoms with van der Waals surface area (Å²) in [5, 5.41) is 9.11. The SMILES string of the molecule is CCCCCCCCCCCCN(CCCCO)CCCCCCCCCCCCOC. The largest absolute Gasteiger partial charge is 0.396 e. The number of nitrogens with zero attached hydrogens (tertiary/aromatic N) is 1. The first-order chi connectivity index (χ1) is 15.8. The zero-order valence-corrected chi connectivity index (χ0v) is 22.4. The summed E-state index contributed by atoms with van der Waals surface area (Å²) < 4.78 is 5.11. The quantitative estimate of drug-likeness (QED) is 0.120. The normalized spacial score (nSPS) is 11.6. The fourth-order valence-corrected chi connectivity index (χ4v) is 4.60. The van der Waals surface area contributed by atoms with Gasteiger partial charge in [-0.3, -0.25) is 0 Å². The molecule has 0 rings (SSSR count). The molecule has 1 N–H and O–H groups in total. The third-order valence-electron chi connectivity index (χ3n) is 6.78. The molecule has 0 bridgehead atoms. The van der Waals surface area contributed by atoms with E-state index in [-0.39, 0.29) is 0 Å². The van der Waals surface area contributed by atoms with Crippen molar-refractivity contribution >= 4 is 0 Å². The summed E-state index contributed by atoms with van der Waals surface area (Å²) >= 11 is 0. The molecule has 0 saturated carbocycles. The monoisotopic (exact) mass is 455 g/mol. The van der Waals surface area contributed by atoms with E-state index in [1.165, 1.54) is 148 Å². The van der Waals surface area contributed by atoms with Crippen LogP contribution in [-0.4, -0.2) is 50.0 Å². The van der Waals surface area contributed by atoms with Gasteiger partial charge in [0.2, 0.25) is 0 Å². The van der Waals surface area contributed by atoms with Crippen LogP contribution < -0.4 is 0 Å². The Labute approximate surface area is 203 Å². The Morgan fingerprint density at radius 2 is 0.812 bits per heavy atom. The first kappa shape index (κ1) is 31.9. The molecule has 3 nitrogen and oxygen atoms in total. The van der Waals surface area contributed by atoms with Crippen LogP contribution in [0.4, 0.5) is 0 Å². The van der Waals surface area contributed by atoms with Crippen LogP contribution in [0.25, 0.3) is 0 Å². The second-order valence-electron chi connectivity index (χ2n) is 9.98. The van der Waals surface area contributed by atoms with Crippen molar-refractivity contribution in [3.63, 3.8) is 0 Å². The molecule has 0 aromatic heterocycles. The molecule has 0 amide bonds. The van der Waals surface area contributed by atoms with Gasteiger partial charge in [-0.25, -0.2) is 0 Å². The highest BCUT2D eigenvalue weighted by molar-refractivity contribution is 4.60. The lowest BCUT2D eigenvalue weighted by molar-refractivity contribution is 0.192. The molecule has 0 saturated heterocycles. The topological polar surface area (TPSA) is 32.7 Å². The number of aliphatic hydroxyl groups excluding tert-OH is 1. The zero-order valence-electron chi connectivity index (χ0n) is 22.4. The van der Waals surface area contributed by atoms with Crippen LogP contribution >= 0.6 is 0 Å². The maximum Gasteiger partial charge on any atom is 0.0462 e. The molecular weight excluding hydrogens is 394 g/mol. The van der Waals surface area contributed by atoms with E-state index in [0.29, 0.717) is 6.61 Å². The molecule has 0 spiro atoms. The van der Waals surface area contributed by atoms with Gasteiger partial charge >= 0.3 is 0 Å². The predicted octanol–water partition coefficient (Wildman–Crippen LogP) is 8.53. The minimum absolute atomic E-state index is 0.346. The molecule has 0 unspecified atom stereocenters. The van der Waals surface area contributed by atoms with E-state index in [4.69, 9.17) is 9.84 Å². The highest BCUT2D eigenvalue weighted by atomic mass is 16.5. The van der Waals surface area contributed by atoms with Gasteiger partial charge < -0.3 is 14.7 Å². The summed E-state index contributed by atoms with van der Waals surface area (Å²) in [6.45, 7) is 7.28. The van der Waals surface area contributed by atoms with E-state index < -0.39 is 0 Å². The van der Waals surface area contributed by atoms with Crippen molar-refractivity contribution in [2.24, 2.45) is 0 Å². The molecule has 0 aromatic rings. The van der Waals surface area contributed by atoms with Gasteiger partial charge in [0.05, 0.1) is 0 Å². The number of hydrogen-bond acceptors (Lipinski definition) is 3. The molecule has 3 heteroatoms.